The first-order valence-electron chi connectivity index (χ1n) is 4.16. The van der Waals surface area contributed by atoms with Crippen LogP contribution in [0.4, 0.5) is 0 Å². The Labute approximate surface area is 76.7 Å². The molecule has 4 nitrogen and oxygen atoms in total. The second-order valence-corrected chi connectivity index (χ2v) is 2.92. The van der Waals surface area contributed by atoms with Gasteiger partial charge in [0.2, 0.25) is 0 Å². The van der Waals surface area contributed by atoms with Gasteiger partial charge in [-0.1, -0.05) is 6.92 Å². The predicted molar refractivity (Wildman–Crippen MR) is 47.4 cm³/mol. The lowest BCUT2D eigenvalue weighted by Gasteiger charge is -2.07. The van der Waals surface area contributed by atoms with Crippen molar-refractivity contribution in [3.8, 4) is 0 Å². The number of aromatic nitrogens is 2. The molecule has 0 saturated heterocycles. The van der Waals surface area contributed by atoms with Crippen molar-refractivity contribution in [1.82, 2.24) is 9.97 Å². The van der Waals surface area contributed by atoms with Crippen molar-refractivity contribution >= 4 is 5.97 Å². The minimum atomic E-state index is -0.869. The molecule has 1 N–H and O–H groups in total. The van der Waals surface area contributed by atoms with Crippen LogP contribution in [0.15, 0.2) is 12.4 Å². The van der Waals surface area contributed by atoms with Crippen molar-refractivity contribution in [2.75, 3.05) is 0 Å². The largest absolute Gasteiger partial charge is 0.481 e. The Balaban J connectivity index is 2.92. The van der Waals surface area contributed by atoms with Crippen molar-refractivity contribution in [3.63, 3.8) is 0 Å². The summed E-state index contributed by atoms with van der Waals surface area (Å²) in [6, 6.07) is 0. The molecule has 0 saturated carbocycles. The standard InChI is InChI=1S/C9H12N2O2/c1-3-7(9(12)13)8-10-4-6(2)5-11-8/h4-5,7H,3H2,1-2H3,(H,12,13). The average Bonchev–Trinajstić information content (AvgIpc) is 2.09. The maximum absolute atomic E-state index is 10.7. The topological polar surface area (TPSA) is 63.1 Å². The fraction of sp³-hybridized carbons (Fsp3) is 0.444. The van der Waals surface area contributed by atoms with Gasteiger partial charge in [-0.15, -0.1) is 0 Å². The zero-order valence-corrected chi connectivity index (χ0v) is 7.69. The zero-order valence-electron chi connectivity index (χ0n) is 7.69. The SMILES string of the molecule is CCC(C(=O)O)c1ncc(C)cn1. The third-order valence-electron chi connectivity index (χ3n) is 1.82. The van der Waals surface area contributed by atoms with Gasteiger partial charge in [0, 0.05) is 12.4 Å². The van der Waals surface area contributed by atoms with Crippen LogP contribution in [0, 0.1) is 6.92 Å². The van der Waals surface area contributed by atoms with Crippen molar-refractivity contribution in [1.29, 1.82) is 0 Å². The summed E-state index contributed by atoms with van der Waals surface area (Å²) in [6.07, 6.45) is 3.78. The number of carboxylic acid groups (broad SMARTS) is 1. The van der Waals surface area contributed by atoms with Crippen molar-refractivity contribution < 1.29 is 9.90 Å². The van der Waals surface area contributed by atoms with Crippen LogP contribution in [0.5, 0.6) is 0 Å². The maximum atomic E-state index is 10.7. The zero-order chi connectivity index (χ0) is 9.84. The third-order valence-corrected chi connectivity index (χ3v) is 1.82. The molecule has 13 heavy (non-hydrogen) atoms. The van der Waals surface area contributed by atoms with E-state index < -0.39 is 11.9 Å². The highest BCUT2D eigenvalue weighted by molar-refractivity contribution is 5.74. The molecular formula is C9H12N2O2. The van der Waals surface area contributed by atoms with Gasteiger partial charge in [-0.3, -0.25) is 4.79 Å². The lowest BCUT2D eigenvalue weighted by molar-refractivity contribution is -0.139. The molecule has 0 bridgehead atoms. The molecule has 0 aliphatic carbocycles. The van der Waals surface area contributed by atoms with Crippen LogP contribution >= 0.6 is 0 Å². The molecule has 70 valence electrons. The highest BCUT2D eigenvalue weighted by atomic mass is 16.4. The molecule has 0 aromatic carbocycles. The number of nitrogens with zero attached hydrogens (tertiary/aromatic N) is 2. The number of aryl methyl sites for hydroxylation is 1. The highest BCUT2D eigenvalue weighted by Crippen LogP contribution is 2.14. The quantitative estimate of drug-likeness (QED) is 0.762. The van der Waals surface area contributed by atoms with E-state index in [1.807, 2.05) is 13.8 Å². The van der Waals surface area contributed by atoms with Crippen LogP contribution in [-0.4, -0.2) is 21.0 Å². The molecule has 0 aliphatic rings. The molecule has 0 spiro atoms. The van der Waals surface area contributed by atoms with E-state index >= 15 is 0 Å². The summed E-state index contributed by atoms with van der Waals surface area (Å²) in [5.74, 6) is -1.06. The van der Waals surface area contributed by atoms with Gasteiger partial charge in [0.15, 0.2) is 0 Å². The van der Waals surface area contributed by atoms with Crippen molar-refractivity contribution in [2.24, 2.45) is 0 Å². The van der Waals surface area contributed by atoms with Crippen LogP contribution in [0.25, 0.3) is 0 Å². The molecular weight excluding hydrogens is 168 g/mol. The van der Waals surface area contributed by atoms with Crippen LogP contribution < -0.4 is 0 Å². The molecule has 4 heteroatoms. The highest BCUT2D eigenvalue weighted by Gasteiger charge is 2.19. The number of aliphatic carboxylic acids is 1. The number of hydrogen-bond donors (Lipinski definition) is 1. The summed E-state index contributed by atoms with van der Waals surface area (Å²) >= 11 is 0. The summed E-state index contributed by atoms with van der Waals surface area (Å²) < 4.78 is 0. The smallest absolute Gasteiger partial charge is 0.314 e. The fourth-order valence-electron chi connectivity index (χ4n) is 1.05. The van der Waals surface area contributed by atoms with Crippen LogP contribution in [0.3, 0.4) is 0 Å². The summed E-state index contributed by atoms with van der Waals surface area (Å²) in [4.78, 5) is 18.7. The monoisotopic (exact) mass is 180 g/mol. The Morgan fingerprint density at radius 1 is 1.54 bits per heavy atom. The Kier molecular flexibility index (Phi) is 2.95. The number of rotatable bonds is 3. The molecule has 0 fully saturated rings. The second-order valence-electron chi connectivity index (χ2n) is 2.92. The molecule has 1 heterocycles. The molecule has 1 atom stereocenters. The van der Waals surface area contributed by atoms with Crippen molar-refractivity contribution in [3.05, 3.63) is 23.8 Å². The summed E-state index contributed by atoms with van der Waals surface area (Å²) in [5, 5.41) is 8.82. The molecule has 0 radical (unpaired) electrons. The third kappa shape index (κ3) is 2.24. The van der Waals surface area contributed by atoms with Gasteiger partial charge in [0.05, 0.1) is 0 Å². The van der Waals surface area contributed by atoms with Gasteiger partial charge in [0.1, 0.15) is 11.7 Å². The van der Waals surface area contributed by atoms with Gasteiger partial charge in [0.25, 0.3) is 0 Å². The summed E-state index contributed by atoms with van der Waals surface area (Å²) in [7, 11) is 0. The average molecular weight is 180 g/mol. The Morgan fingerprint density at radius 3 is 2.46 bits per heavy atom. The Bertz CT molecular complexity index is 295. The minimum Gasteiger partial charge on any atom is -0.481 e. The van der Waals surface area contributed by atoms with Crippen molar-refractivity contribution in [2.45, 2.75) is 26.2 Å². The minimum absolute atomic E-state index is 0.389. The van der Waals surface area contributed by atoms with Gasteiger partial charge < -0.3 is 5.11 Å². The van der Waals surface area contributed by atoms with Crippen LogP contribution in [0.1, 0.15) is 30.7 Å². The van der Waals surface area contributed by atoms with E-state index in [4.69, 9.17) is 5.11 Å². The first-order valence-corrected chi connectivity index (χ1v) is 4.16. The van der Waals surface area contributed by atoms with Gasteiger partial charge in [-0.25, -0.2) is 9.97 Å². The second kappa shape index (κ2) is 3.98. The number of hydrogen-bond acceptors (Lipinski definition) is 3. The molecule has 1 rings (SSSR count). The van der Waals surface area contributed by atoms with Gasteiger partial charge in [-0.2, -0.15) is 0 Å². The number of carbonyl (C=O) groups is 1. The molecule has 0 amide bonds. The molecule has 1 aromatic rings. The van der Waals surface area contributed by atoms with Crippen LogP contribution in [0.2, 0.25) is 0 Å². The van der Waals surface area contributed by atoms with E-state index in [0.29, 0.717) is 12.2 Å². The predicted octanol–water partition coefficient (Wildman–Crippen LogP) is 1.36. The molecule has 1 aromatic heterocycles. The number of carboxylic acids is 1. The first kappa shape index (κ1) is 9.64. The summed E-state index contributed by atoms with van der Waals surface area (Å²) in [6.45, 7) is 3.67. The lowest BCUT2D eigenvalue weighted by atomic mass is 10.1. The summed E-state index contributed by atoms with van der Waals surface area (Å²) in [5.41, 5.74) is 0.934. The van der Waals surface area contributed by atoms with E-state index in [-0.39, 0.29) is 0 Å². The van der Waals surface area contributed by atoms with E-state index in [1.165, 1.54) is 0 Å². The fourth-order valence-corrected chi connectivity index (χ4v) is 1.05. The van der Waals surface area contributed by atoms with Gasteiger partial charge >= 0.3 is 5.97 Å². The van der Waals surface area contributed by atoms with E-state index in [0.717, 1.165) is 5.56 Å². The Hall–Kier alpha value is -1.45. The van der Waals surface area contributed by atoms with E-state index in [2.05, 4.69) is 9.97 Å². The Morgan fingerprint density at radius 2 is 2.08 bits per heavy atom. The van der Waals surface area contributed by atoms with Crippen LogP contribution in [-0.2, 0) is 4.79 Å². The molecule has 0 aliphatic heterocycles. The first-order chi connectivity index (χ1) is 6.15. The van der Waals surface area contributed by atoms with E-state index in [9.17, 15) is 4.79 Å². The van der Waals surface area contributed by atoms with Gasteiger partial charge in [-0.05, 0) is 18.9 Å². The normalized spacial score (nSPS) is 12.5. The lowest BCUT2D eigenvalue weighted by Crippen LogP contribution is -2.13. The maximum Gasteiger partial charge on any atom is 0.314 e. The molecule has 1 unspecified atom stereocenters. The van der Waals surface area contributed by atoms with E-state index in [1.54, 1.807) is 12.4 Å².